The second-order valence-corrected chi connectivity index (χ2v) is 2.54. The van der Waals surface area contributed by atoms with E-state index in [1.165, 1.54) is 14.2 Å². The van der Waals surface area contributed by atoms with Crippen LogP contribution in [0, 0.1) is 0 Å². The second kappa shape index (κ2) is 3.49. The Hall–Kier alpha value is -0.160. The lowest BCUT2D eigenvalue weighted by Crippen LogP contribution is -2.34. The summed E-state index contributed by atoms with van der Waals surface area (Å²) in [7, 11) is 3.08. The molecule has 0 aromatic heterocycles. The van der Waals surface area contributed by atoms with Gasteiger partial charge < -0.3 is 18.9 Å². The monoisotopic (exact) mass is 162 g/mol. The summed E-state index contributed by atoms with van der Waals surface area (Å²) in [6.07, 6.45) is 0.236. The molecule has 0 bridgehead atoms. The Bertz CT molecular complexity index is 118. The molecule has 1 fully saturated rings. The molecule has 1 rings (SSSR count). The maximum atomic E-state index is 5.28. The van der Waals surface area contributed by atoms with Crippen molar-refractivity contribution in [1.82, 2.24) is 0 Å². The van der Waals surface area contributed by atoms with Gasteiger partial charge in [-0.05, 0) is 0 Å². The molecule has 1 unspecified atom stereocenters. The lowest BCUT2D eigenvalue weighted by atomic mass is 10.5. The number of epoxide rings is 1. The van der Waals surface area contributed by atoms with E-state index in [-0.39, 0.29) is 6.10 Å². The van der Waals surface area contributed by atoms with Crippen LogP contribution >= 0.6 is 0 Å². The molecule has 0 N–H and O–H groups in total. The smallest absolute Gasteiger partial charge is 0.279 e. The van der Waals surface area contributed by atoms with Gasteiger partial charge in [-0.25, -0.2) is 0 Å². The average Bonchev–Trinajstić information content (AvgIpc) is 2.83. The van der Waals surface area contributed by atoms with Crippen molar-refractivity contribution in [2.24, 2.45) is 0 Å². The summed E-state index contributed by atoms with van der Waals surface area (Å²) in [5.41, 5.74) is 0. The highest BCUT2D eigenvalue weighted by Gasteiger charge is 2.30. The van der Waals surface area contributed by atoms with E-state index in [0.29, 0.717) is 6.61 Å². The van der Waals surface area contributed by atoms with E-state index in [2.05, 4.69) is 0 Å². The third-order valence-corrected chi connectivity index (χ3v) is 1.68. The van der Waals surface area contributed by atoms with Gasteiger partial charge in [0.05, 0.1) is 13.2 Å². The Labute approximate surface area is 66.4 Å². The number of hydrogen-bond donors (Lipinski definition) is 0. The molecule has 1 aliphatic heterocycles. The van der Waals surface area contributed by atoms with Crippen molar-refractivity contribution in [2.75, 3.05) is 27.4 Å². The minimum atomic E-state index is -0.925. The van der Waals surface area contributed by atoms with E-state index in [1.807, 2.05) is 0 Å². The summed E-state index contributed by atoms with van der Waals surface area (Å²) in [4.78, 5) is 0. The van der Waals surface area contributed by atoms with E-state index in [9.17, 15) is 0 Å². The zero-order chi connectivity index (χ0) is 8.32. The lowest BCUT2D eigenvalue weighted by Gasteiger charge is -2.25. The molecule has 0 saturated carbocycles. The SMILES string of the molecule is COC(C)(OC)OCC1CO1. The molecule has 0 spiro atoms. The highest BCUT2D eigenvalue weighted by Crippen LogP contribution is 2.16. The van der Waals surface area contributed by atoms with Crippen LogP contribution in [0.4, 0.5) is 0 Å². The second-order valence-electron chi connectivity index (χ2n) is 2.54. The molecule has 0 aliphatic carbocycles. The molecule has 0 radical (unpaired) electrons. The van der Waals surface area contributed by atoms with Crippen molar-refractivity contribution < 1.29 is 18.9 Å². The van der Waals surface area contributed by atoms with E-state index < -0.39 is 5.97 Å². The average molecular weight is 162 g/mol. The highest BCUT2D eigenvalue weighted by atomic mass is 16.9. The van der Waals surface area contributed by atoms with Gasteiger partial charge in [0.25, 0.3) is 5.97 Å². The van der Waals surface area contributed by atoms with Gasteiger partial charge in [0.1, 0.15) is 6.10 Å². The maximum Gasteiger partial charge on any atom is 0.279 e. The third kappa shape index (κ3) is 2.75. The van der Waals surface area contributed by atoms with Crippen LogP contribution in [0.1, 0.15) is 6.92 Å². The molecule has 4 heteroatoms. The first-order chi connectivity index (χ1) is 5.20. The first-order valence-electron chi connectivity index (χ1n) is 3.56. The van der Waals surface area contributed by atoms with Crippen LogP contribution < -0.4 is 0 Å². The van der Waals surface area contributed by atoms with E-state index >= 15 is 0 Å². The Kier molecular flexibility index (Phi) is 2.84. The minimum absolute atomic E-state index is 0.236. The van der Waals surface area contributed by atoms with E-state index in [1.54, 1.807) is 6.92 Å². The van der Waals surface area contributed by atoms with E-state index in [0.717, 1.165) is 6.61 Å². The summed E-state index contributed by atoms with van der Waals surface area (Å²) >= 11 is 0. The Morgan fingerprint density at radius 3 is 2.36 bits per heavy atom. The van der Waals surface area contributed by atoms with Crippen LogP contribution in [0.2, 0.25) is 0 Å². The summed E-state index contributed by atoms with van der Waals surface area (Å²) in [6.45, 7) is 3.02. The predicted molar refractivity (Wildman–Crippen MR) is 38.1 cm³/mol. The normalized spacial score (nSPS) is 23.7. The van der Waals surface area contributed by atoms with Crippen molar-refractivity contribution in [1.29, 1.82) is 0 Å². The van der Waals surface area contributed by atoms with Gasteiger partial charge in [0.2, 0.25) is 0 Å². The van der Waals surface area contributed by atoms with Crippen molar-refractivity contribution in [3.63, 3.8) is 0 Å². The molecule has 0 aromatic rings. The Morgan fingerprint density at radius 1 is 1.45 bits per heavy atom. The molecular formula is C7H14O4. The quantitative estimate of drug-likeness (QED) is 0.432. The molecule has 66 valence electrons. The fourth-order valence-electron chi connectivity index (χ4n) is 0.610. The fraction of sp³-hybridized carbons (Fsp3) is 1.00. The Morgan fingerprint density at radius 2 is 2.00 bits per heavy atom. The van der Waals surface area contributed by atoms with Crippen molar-refractivity contribution >= 4 is 0 Å². The Balaban J connectivity index is 2.18. The molecule has 4 nitrogen and oxygen atoms in total. The number of rotatable bonds is 5. The standard InChI is InChI=1S/C7H14O4/c1-7(8-2,9-3)11-5-6-4-10-6/h6H,4-5H2,1-3H3. The van der Waals surface area contributed by atoms with Crippen LogP contribution in [0.15, 0.2) is 0 Å². The van der Waals surface area contributed by atoms with Gasteiger partial charge in [0, 0.05) is 21.1 Å². The minimum Gasteiger partial charge on any atom is -0.371 e. The van der Waals surface area contributed by atoms with Crippen molar-refractivity contribution in [3.8, 4) is 0 Å². The van der Waals surface area contributed by atoms with Crippen molar-refractivity contribution in [2.45, 2.75) is 19.0 Å². The van der Waals surface area contributed by atoms with Gasteiger partial charge in [0.15, 0.2) is 0 Å². The van der Waals surface area contributed by atoms with Crippen LogP contribution in [0.5, 0.6) is 0 Å². The molecular weight excluding hydrogens is 148 g/mol. The summed E-state index contributed by atoms with van der Waals surface area (Å²) in [5.74, 6) is -0.925. The molecule has 1 saturated heterocycles. The summed E-state index contributed by atoms with van der Waals surface area (Å²) < 4.78 is 20.2. The van der Waals surface area contributed by atoms with Crippen LogP contribution in [0.3, 0.4) is 0 Å². The van der Waals surface area contributed by atoms with E-state index in [4.69, 9.17) is 18.9 Å². The van der Waals surface area contributed by atoms with Gasteiger partial charge in [-0.2, -0.15) is 0 Å². The first kappa shape index (κ1) is 8.93. The largest absolute Gasteiger partial charge is 0.371 e. The number of hydrogen-bond acceptors (Lipinski definition) is 4. The zero-order valence-electron chi connectivity index (χ0n) is 7.12. The topological polar surface area (TPSA) is 40.2 Å². The summed E-state index contributed by atoms with van der Waals surface area (Å²) in [5, 5.41) is 0. The molecule has 0 aromatic carbocycles. The zero-order valence-corrected chi connectivity index (χ0v) is 7.12. The van der Waals surface area contributed by atoms with Crippen LogP contribution in [-0.2, 0) is 18.9 Å². The number of ether oxygens (including phenoxy) is 4. The van der Waals surface area contributed by atoms with Gasteiger partial charge in [-0.15, -0.1) is 0 Å². The van der Waals surface area contributed by atoms with Gasteiger partial charge in [-0.1, -0.05) is 0 Å². The van der Waals surface area contributed by atoms with Crippen LogP contribution in [-0.4, -0.2) is 39.5 Å². The van der Waals surface area contributed by atoms with Crippen molar-refractivity contribution in [3.05, 3.63) is 0 Å². The maximum absolute atomic E-state index is 5.28. The molecule has 0 amide bonds. The van der Waals surface area contributed by atoms with Crippen LogP contribution in [0.25, 0.3) is 0 Å². The predicted octanol–water partition coefficient (Wildman–Crippen LogP) is 0.368. The van der Waals surface area contributed by atoms with Gasteiger partial charge >= 0.3 is 0 Å². The molecule has 1 atom stereocenters. The molecule has 1 heterocycles. The molecule has 11 heavy (non-hydrogen) atoms. The van der Waals surface area contributed by atoms with Gasteiger partial charge in [-0.3, -0.25) is 0 Å². The summed E-state index contributed by atoms with van der Waals surface area (Å²) in [6, 6.07) is 0. The fourth-order valence-corrected chi connectivity index (χ4v) is 0.610. The molecule has 1 aliphatic rings. The highest BCUT2D eigenvalue weighted by molar-refractivity contribution is 4.68. The lowest BCUT2D eigenvalue weighted by molar-refractivity contribution is -0.351. The first-order valence-corrected chi connectivity index (χ1v) is 3.56. The number of methoxy groups -OCH3 is 2. The third-order valence-electron chi connectivity index (χ3n) is 1.68.